The summed E-state index contributed by atoms with van der Waals surface area (Å²) in [6.45, 7) is 9.08. The lowest BCUT2D eigenvalue weighted by atomic mass is 10.1. The minimum absolute atomic E-state index is 0.0653. The van der Waals surface area contributed by atoms with Gasteiger partial charge < -0.3 is 15.1 Å². The van der Waals surface area contributed by atoms with Crippen LogP contribution in [0, 0.1) is 6.92 Å². The highest BCUT2D eigenvalue weighted by Gasteiger charge is 2.19. The molecular weight excluding hydrogens is 402 g/mol. The molecule has 1 aromatic carbocycles. The minimum atomic E-state index is -3.68. The molecule has 3 rings (SSSR count). The molecule has 1 aliphatic rings. The molecule has 1 saturated heterocycles. The van der Waals surface area contributed by atoms with Crippen molar-refractivity contribution in [3.8, 4) is 0 Å². The molecular formula is C21H29N5O3S. The molecule has 2 N–H and O–H groups in total. The highest BCUT2D eigenvalue weighted by atomic mass is 32.2. The second-order valence-corrected chi connectivity index (χ2v) is 9.62. The SMILES string of the molecule is Cc1ccc(S(=O)(=O)NC(C)C)cc1C(=O)Nc1ccc(N2CCN(C)CC2)nc1. The van der Waals surface area contributed by atoms with E-state index in [0.717, 1.165) is 32.0 Å². The van der Waals surface area contributed by atoms with Crippen molar-refractivity contribution in [2.75, 3.05) is 43.4 Å². The minimum Gasteiger partial charge on any atom is -0.354 e. The van der Waals surface area contributed by atoms with E-state index >= 15 is 0 Å². The van der Waals surface area contributed by atoms with Crippen LogP contribution in [0.15, 0.2) is 41.4 Å². The van der Waals surface area contributed by atoms with Gasteiger partial charge in [-0.15, -0.1) is 0 Å². The van der Waals surface area contributed by atoms with Crippen LogP contribution >= 0.6 is 0 Å². The van der Waals surface area contributed by atoms with Gasteiger partial charge >= 0.3 is 0 Å². The Balaban J connectivity index is 1.73. The Morgan fingerprint density at radius 1 is 1.10 bits per heavy atom. The van der Waals surface area contributed by atoms with E-state index in [2.05, 4.69) is 31.9 Å². The standard InChI is InChI=1S/C21H29N5O3S/c1-15(2)24-30(28,29)18-7-5-16(3)19(13-18)21(27)23-17-6-8-20(22-14-17)26-11-9-25(4)10-12-26/h5-8,13-15,24H,9-12H2,1-4H3,(H,23,27). The van der Waals surface area contributed by atoms with Crippen molar-refractivity contribution in [3.63, 3.8) is 0 Å². The van der Waals surface area contributed by atoms with Gasteiger partial charge in [-0.1, -0.05) is 6.07 Å². The Morgan fingerprint density at radius 2 is 1.80 bits per heavy atom. The Bertz CT molecular complexity index is 998. The zero-order valence-corrected chi connectivity index (χ0v) is 18.7. The van der Waals surface area contributed by atoms with E-state index in [0.29, 0.717) is 16.8 Å². The van der Waals surface area contributed by atoms with Gasteiger partial charge in [-0.05, 0) is 57.6 Å². The van der Waals surface area contributed by atoms with E-state index in [1.165, 1.54) is 12.1 Å². The topological polar surface area (TPSA) is 94.6 Å². The Labute approximate surface area is 178 Å². The number of nitrogens with zero attached hydrogens (tertiary/aromatic N) is 3. The number of nitrogens with one attached hydrogen (secondary N) is 2. The maximum Gasteiger partial charge on any atom is 0.256 e. The van der Waals surface area contributed by atoms with Gasteiger partial charge in [0.25, 0.3) is 5.91 Å². The largest absolute Gasteiger partial charge is 0.354 e. The summed E-state index contributed by atoms with van der Waals surface area (Å²) in [6.07, 6.45) is 1.63. The van der Waals surface area contributed by atoms with Crippen LogP contribution in [0.25, 0.3) is 0 Å². The van der Waals surface area contributed by atoms with Crippen LogP contribution in [-0.4, -0.2) is 63.5 Å². The first-order valence-electron chi connectivity index (χ1n) is 9.99. The van der Waals surface area contributed by atoms with Crippen LogP contribution < -0.4 is 14.9 Å². The molecule has 162 valence electrons. The highest BCUT2D eigenvalue weighted by Crippen LogP contribution is 2.19. The molecule has 0 spiro atoms. The lowest BCUT2D eigenvalue weighted by Crippen LogP contribution is -2.44. The average Bonchev–Trinajstić information content (AvgIpc) is 2.68. The molecule has 9 heteroatoms. The third kappa shape index (κ3) is 5.35. The fraction of sp³-hybridized carbons (Fsp3) is 0.429. The molecule has 1 amide bonds. The van der Waals surface area contributed by atoms with Gasteiger partial charge in [0.05, 0.1) is 16.8 Å². The fourth-order valence-corrected chi connectivity index (χ4v) is 4.55. The number of carbonyl (C=O) groups excluding carboxylic acids is 1. The van der Waals surface area contributed by atoms with E-state index in [-0.39, 0.29) is 16.8 Å². The Kier molecular flexibility index (Phi) is 6.74. The van der Waals surface area contributed by atoms with Gasteiger partial charge in [0.2, 0.25) is 10.0 Å². The Hall–Kier alpha value is -2.49. The molecule has 8 nitrogen and oxygen atoms in total. The summed E-state index contributed by atoms with van der Waals surface area (Å²) >= 11 is 0. The predicted molar refractivity (Wildman–Crippen MR) is 119 cm³/mol. The van der Waals surface area contributed by atoms with Crippen molar-refractivity contribution in [2.45, 2.75) is 31.7 Å². The third-order valence-electron chi connectivity index (χ3n) is 4.99. The van der Waals surface area contributed by atoms with Gasteiger partial charge in [-0.25, -0.2) is 18.1 Å². The van der Waals surface area contributed by atoms with Crippen molar-refractivity contribution in [1.29, 1.82) is 0 Å². The van der Waals surface area contributed by atoms with Crippen LogP contribution in [-0.2, 0) is 10.0 Å². The van der Waals surface area contributed by atoms with Gasteiger partial charge in [-0.3, -0.25) is 4.79 Å². The van der Waals surface area contributed by atoms with Crippen LogP contribution in [0.1, 0.15) is 29.8 Å². The Morgan fingerprint density at radius 3 is 2.40 bits per heavy atom. The predicted octanol–water partition coefficient (Wildman–Crippen LogP) is 2.08. The summed E-state index contributed by atoms with van der Waals surface area (Å²) in [4.78, 5) is 21.8. The normalized spacial score (nSPS) is 15.4. The lowest BCUT2D eigenvalue weighted by molar-refractivity contribution is 0.102. The molecule has 0 bridgehead atoms. The van der Waals surface area contributed by atoms with E-state index < -0.39 is 10.0 Å². The fourth-order valence-electron chi connectivity index (χ4n) is 3.27. The van der Waals surface area contributed by atoms with Gasteiger partial charge in [0, 0.05) is 37.8 Å². The number of anilines is 2. The van der Waals surface area contributed by atoms with Gasteiger partial charge in [0.15, 0.2) is 0 Å². The number of carbonyl (C=O) groups is 1. The number of hydrogen-bond acceptors (Lipinski definition) is 6. The number of hydrogen-bond donors (Lipinski definition) is 2. The summed E-state index contributed by atoms with van der Waals surface area (Å²) in [7, 11) is -1.58. The van der Waals surface area contributed by atoms with Crippen LogP contribution in [0.2, 0.25) is 0 Å². The first kappa shape index (κ1) is 22.2. The molecule has 2 aromatic rings. The quantitative estimate of drug-likeness (QED) is 0.727. The maximum absolute atomic E-state index is 12.8. The van der Waals surface area contributed by atoms with E-state index in [1.807, 2.05) is 12.1 Å². The molecule has 30 heavy (non-hydrogen) atoms. The van der Waals surface area contributed by atoms with Crippen molar-refractivity contribution in [1.82, 2.24) is 14.6 Å². The zero-order valence-electron chi connectivity index (χ0n) is 17.8. The number of benzene rings is 1. The summed E-state index contributed by atoms with van der Waals surface area (Å²) in [5.74, 6) is 0.508. The molecule has 1 aliphatic heterocycles. The molecule has 1 aromatic heterocycles. The molecule has 0 aliphatic carbocycles. The number of amides is 1. The summed E-state index contributed by atoms with van der Waals surface area (Å²) < 4.78 is 27.4. The zero-order chi connectivity index (χ0) is 21.9. The first-order valence-corrected chi connectivity index (χ1v) is 11.5. The summed E-state index contributed by atoms with van der Waals surface area (Å²) in [5.41, 5.74) is 1.56. The van der Waals surface area contributed by atoms with Crippen molar-refractivity contribution in [3.05, 3.63) is 47.7 Å². The average molecular weight is 432 g/mol. The number of likely N-dealkylation sites (N-methyl/N-ethyl adjacent to an activating group) is 1. The second-order valence-electron chi connectivity index (χ2n) is 7.90. The smallest absolute Gasteiger partial charge is 0.256 e. The van der Waals surface area contributed by atoms with E-state index in [9.17, 15) is 13.2 Å². The molecule has 0 radical (unpaired) electrons. The number of piperazine rings is 1. The second kappa shape index (κ2) is 9.11. The van der Waals surface area contributed by atoms with Crippen molar-refractivity contribution >= 4 is 27.4 Å². The first-order chi connectivity index (χ1) is 14.2. The summed E-state index contributed by atoms with van der Waals surface area (Å²) in [6, 6.07) is 8.01. The molecule has 0 atom stereocenters. The number of aromatic nitrogens is 1. The van der Waals surface area contributed by atoms with E-state index in [1.54, 1.807) is 33.0 Å². The van der Waals surface area contributed by atoms with E-state index in [4.69, 9.17) is 0 Å². The molecule has 1 fully saturated rings. The van der Waals surface area contributed by atoms with Gasteiger partial charge in [0.1, 0.15) is 5.82 Å². The lowest BCUT2D eigenvalue weighted by Gasteiger charge is -2.33. The van der Waals surface area contributed by atoms with Crippen LogP contribution in [0.4, 0.5) is 11.5 Å². The number of rotatable bonds is 6. The molecule has 0 unspecified atom stereocenters. The van der Waals surface area contributed by atoms with Crippen LogP contribution in [0.3, 0.4) is 0 Å². The molecule has 0 saturated carbocycles. The monoisotopic (exact) mass is 431 g/mol. The third-order valence-corrected chi connectivity index (χ3v) is 6.64. The summed E-state index contributed by atoms with van der Waals surface area (Å²) in [5, 5.41) is 2.81. The number of sulfonamides is 1. The van der Waals surface area contributed by atoms with Gasteiger partial charge in [-0.2, -0.15) is 0 Å². The van der Waals surface area contributed by atoms with Crippen molar-refractivity contribution in [2.24, 2.45) is 0 Å². The van der Waals surface area contributed by atoms with Crippen LogP contribution in [0.5, 0.6) is 0 Å². The highest BCUT2D eigenvalue weighted by molar-refractivity contribution is 7.89. The maximum atomic E-state index is 12.8. The van der Waals surface area contributed by atoms with Crippen molar-refractivity contribution < 1.29 is 13.2 Å². The molecule has 2 heterocycles. The number of aryl methyl sites for hydroxylation is 1. The number of pyridine rings is 1.